The molecule has 0 N–H and O–H groups in total. The van der Waals surface area contributed by atoms with E-state index in [1.807, 2.05) is 13.0 Å². The molecule has 11 heavy (non-hydrogen) atoms. The van der Waals surface area contributed by atoms with Crippen molar-refractivity contribution in [3.05, 3.63) is 24.3 Å². The van der Waals surface area contributed by atoms with Crippen molar-refractivity contribution in [2.75, 3.05) is 0 Å². The molecule has 0 spiro atoms. The van der Waals surface area contributed by atoms with E-state index in [0.29, 0.717) is 6.42 Å². The Hall–Kier alpha value is -0.850. The molecule has 0 bridgehead atoms. The first-order valence-corrected chi connectivity index (χ1v) is 3.91. The molecule has 0 aliphatic heterocycles. The number of allylic oxidation sites excluding steroid dienone is 3. The third kappa shape index (κ3) is 9.15. The van der Waals surface area contributed by atoms with Gasteiger partial charge in [-0.05, 0) is 26.7 Å². The molecule has 1 heteroatoms. The zero-order valence-electron chi connectivity index (χ0n) is 7.39. The van der Waals surface area contributed by atoms with Crippen LogP contribution in [0.15, 0.2) is 24.3 Å². The molecule has 0 aromatic rings. The number of rotatable bonds is 5. The fraction of sp³-hybridized carbons (Fsp3) is 0.500. The summed E-state index contributed by atoms with van der Waals surface area (Å²) in [4.78, 5) is 10.5. The Labute approximate surface area is 68.8 Å². The molecule has 1 nitrogen and oxygen atoms in total. The van der Waals surface area contributed by atoms with Gasteiger partial charge in [0.05, 0.1) is 0 Å². The van der Waals surface area contributed by atoms with Crippen molar-refractivity contribution in [1.82, 2.24) is 0 Å². The first kappa shape index (κ1) is 10.2. The molecule has 0 aromatic heterocycles. The fourth-order valence-electron chi connectivity index (χ4n) is 0.689. The maximum Gasteiger partial charge on any atom is 0.130 e. The smallest absolute Gasteiger partial charge is 0.130 e. The Balaban J connectivity index is 3.30. The molecule has 0 amide bonds. The van der Waals surface area contributed by atoms with Gasteiger partial charge in [-0.2, -0.15) is 0 Å². The van der Waals surface area contributed by atoms with E-state index < -0.39 is 0 Å². The van der Waals surface area contributed by atoms with Gasteiger partial charge >= 0.3 is 0 Å². The van der Waals surface area contributed by atoms with Crippen LogP contribution >= 0.6 is 0 Å². The number of carbonyl (C=O) groups is 1. The molecule has 0 rings (SSSR count). The zero-order chi connectivity index (χ0) is 8.69. The lowest BCUT2D eigenvalue weighted by Crippen LogP contribution is -1.86. The normalized spacial score (nSPS) is 10.4. The highest BCUT2D eigenvalue weighted by atomic mass is 16.1. The van der Waals surface area contributed by atoms with Gasteiger partial charge in [0.1, 0.15) is 5.78 Å². The van der Waals surface area contributed by atoms with Crippen LogP contribution in [0.5, 0.6) is 0 Å². The minimum absolute atomic E-state index is 0.255. The Morgan fingerprint density at radius 1 is 1.36 bits per heavy atom. The lowest BCUT2D eigenvalue weighted by atomic mass is 10.2. The first-order valence-electron chi connectivity index (χ1n) is 3.91. The maximum absolute atomic E-state index is 10.5. The van der Waals surface area contributed by atoms with E-state index >= 15 is 0 Å². The number of ketones is 1. The lowest BCUT2D eigenvalue weighted by Gasteiger charge is -1.90. The second-order valence-corrected chi connectivity index (χ2v) is 2.87. The van der Waals surface area contributed by atoms with Gasteiger partial charge in [0.15, 0.2) is 0 Å². The monoisotopic (exact) mass is 152 g/mol. The number of hydrogen-bond donors (Lipinski definition) is 0. The highest BCUT2D eigenvalue weighted by molar-refractivity contribution is 5.75. The summed E-state index contributed by atoms with van der Waals surface area (Å²) in [5, 5.41) is 0. The van der Waals surface area contributed by atoms with Gasteiger partial charge in [0.2, 0.25) is 0 Å². The maximum atomic E-state index is 10.5. The van der Waals surface area contributed by atoms with Crippen LogP contribution in [0.4, 0.5) is 0 Å². The van der Waals surface area contributed by atoms with Gasteiger partial charge in [-0.15, -0.1) is 0 Å². The SMILES string of the molecule is C=C(C)C/C=C/CCC(C)=O. The molecule has 0 atom stereocenters. The predicted molar refractivity (Wildman–Crippen MR) is 48.5 cm³/mol. The second-order valence-electron chi connectivity index (χ2n) is 2.87. The van der Waals surface area contributed by atoms with E-state index in [0.717, 1.165) is 18.4 Å². The minimum Gasteiger partial charge on any atom is -0.300 e. The summed E-state index contributed by atoms with van der Waals surface area (Å²) < 4.78 is 0. The molecular formula is C10H16O. The zero-order valence-corrected chi connectivity index (χ0v) is 7.39. The van der Waals surface area contributed by atoms with E-state index in [4.69, 9.17) is 0 Å². The number of Topliss-reactive ketones (excluding diaryl/α,β-unsaturated/α-hetero) is 1. The van der Waals surface area contributed by atoms with Crippen LogP contribution in [0.25, 0.3) is 0 Å². The Morgan fingerprint density at radius 2 is 2.00 bits per heavy atom. The summed E-state index contributed by atoms with van der Waals surface area (Å²) >= 11 is 0. The quantitative estimate of drug-likeness (QED) is 0.553. The summed E-state index contributed by atoms with van der Waals surface area (Å²) in [5.74, 6) is 0.255. The summed E-state index contributed by atoms with van der Waals surface area (Å²) in [5.41, 5.74) is 1.16. The van der Waals surface area contributed by atoms with Crippen LogP contribution in [-0.2, 0) is 4.79 Å². The molecule has 0 aliphatic carbocycles. The Bertz CT molecular complexity index is 166. The van der Waals surface area contributed by atoms with Gasteiger partial charge in [0.25, 0.3) is 0 Å². The second kappa shape index (κ2) is 5.90. The van der Waals surface area contributed by atoms with E-state index in [1.54, 1.807) is 6.92 Å². The molecule has 0 unspecified atom stereocenters. The number of hydrogen-bond acceptors (Lipinski definition) is 1. The minimum atomic E-state index is 0.255. The molecular weight excluding hydrogens is 136 g/mol. The molecule has 0 heterocycles. The van der Waals surface area contributed by atoms with Gasteiger partial charge in [0, 0.05) is 6.42 Å². The van der Waals surface area contributed by atoms with Crippen LogP contribution in [0.2, 0.25) is 0 Å². The third-order valence-corrected chi connectivity index (χ3v) is 1.30. The molecule has 0 radical (unpaired) electrons. The standard InChI is InChI=1S/C10H16O/c1-9(2)7-5-4-6-8-10(3)11/h4-5H,1,6-8H2,2-3H3/b5-4+. The summed E-state index contributed by atoms with van der Waals surface area (Å²) in [7, 11) is 0. The Kier molecular flexibility index (Phi) is 5.44. The van der Waals surface area contributed by atoms with Crippen molar-refractivity contribution >= 4 is 5.78 Å². The third-order valence-electron chi connectivity index (χ3n) is 1.30. The lowest BCUT2D eigenvalue weighted by molar-refractivity contribution is -0.116. The summed E-state index contributed by atoms with van der Waals surface area (Å²) in [6.45, 7) is 7.38. The molecule has 0 aromatic carbocycles. The summed E-state index contributed by atoms with van der Waals surface area (Å²) in [6.07, 6.45) is 6.55. The molecule has 0 fully saturated rings. The van der Waals surface area contributed by atoms with Crippen molar-refractivity contribution in [2.45, 2.75) is 33.1 Å². The van der Waals surface area contributed by atoms with E-state index in [1.165, 1.54) is 0 Å². The molecule has 0 aliphatic rings. The highest BCUT2D eigenvalue weighted by Crippen LogP contribution is 1.98. The van der Waals surface area contributed by atoms with Crippen molar-refractivity contribution in [2.24, 2.45) is 0 Å². The van der Waals surface area contributed by atoms with Crippen molar-refractivity contribution in [1.29, 1.82) is 0 Å². The summed E-state index contributed by atoms with van der Waals surface area (Å²) in [6, 6.07) is 0. The van der Waals surface area contributed by atoms with Gasteiger partial charge in [-0.1, -0.05) is 24.3 Å². The average molecular weight is 152 g/mol. The van der Waals surface area contributed by atoms with Crippen molar-refractivity contribution in [3.8, 4) is 0 Å². The molecule has 62 valence electrons. The van der Waals surface area contributed by atoms with Crippen LogP contribution in [0.1, 0.15) is 33.1 Å². The van der Waals surface area contributed by atoms with Gasteiger partial charge in [-0.25, -0.2) is 0 Å². The Morgan fingerprint density at radius 3 is 2.45 bits per heavy atom. The fourth-order valence-corrected chi connectivity index (χ4v) is 0.689. The van der Waals surface area contributed by atoms with Crippen molar-refractivity contribution in [3.63, 3.8) is 0 Å². The first-order chi connectivity index (χ1) is 5.13. The van der Waals surface area contributed by atoms with E-state index in [9.17, 15) is 4.79 Å². The highest BCUT2D eigenvalue weighted by Gasteiger charge is 1.87. The van der Waals surface area contributed by atoms with Gasteiger partial charge in [-0.3, -0.25) is 0 Å². The largest absolute Gasteiger partial charge is 0.300 e. The van der Waals surface area contributed by atoms with Crippen LogP contribution in [0, 0.1) is 0 Å². The van der Waals surface area contributed by atoms with Crippen LogP contribution in [-0.4, -0.2) is 5.78 Å². The topological polar surface area (TPSA) is 17.1 Å². The number of carbonyl (C=O) groups excluding carboxylic acids is 1. The predicted octanol–water partition coefficient (Wildman–Crippen LogP) is 2.88. The van der Waals surface area contributed by atoms with E-state index in [-0.39, 0.29) is 5.78 Å². The molecule has 0 saturated carbocycles. The van der Waals surface area contributed by atoms with Crippen molar-refractivity contribution < 1.29 is 4.79 Å². The van der Waals surface area contributed by atoms with Gasteiger partial charge < -0.3 is 4.79 Å². The van der Waals surface area contributed by atoms with E-state index in [2.05, 4.69) is 12.7 Å². The van der Waals surface area contributed by atoms with Crippen LogP contribution < -0.4 is 0 Å². The van der Waals surface area contributed by atoms with Crippen LogP contribution in [0.3, 0.4) is 0 Å². The molecule has 0 saturated heterocycles. The average Bonchev–Trinajstić information content (AvgIpc) is 1.85.